The maximum absolute atomic E-state index is 11.8. The molecule has 0 saturated carbocycles. The average molecular weight is 294 g/mol. The zero-order chi connectivity index (χ0) is 14.8. The molecule has 3 nitrogen and oxygen atoms in total. The lowest BCUT2D eigenvalue weighted by Crippen LogP contribution is -2.41. The summed E-state index contributed by atoms with van der Waals surface area (Å²) in [5.74, 6) is 1.46. The van der Waals surface area contributed by atoms with Gasteiger partial charge in [0.2, 0.25) is 5.91 Å². The zero-order valence-electron chi connectivity index (χ0n) is 12.5. The number of amides is 1. The largest absolute Gasteiger partial charge is 0.351 e. The highest BCUT2D eigenvalue weighted by molar-refractivity contribution is 7.99. The van der Waals surface area contributed by atoms with E-state index >= 15 is 0 Å². The second-order valence-corrected chi connectivity index (χ2v) is 6.11. The summed E-state index contributed by atoms with van der Waals surface area (Å²) in [6.45, 7) is 4.75. The topological polar surface area (TPSA) is 55.1 Å². The minimum absolute atomic E-state index is 0.0919. The highest BCUT2D eigenvalue weighted by Crippen LogP contribution is 2.13. The van der Waals surface area contributed by atoms with Gasteiger partial charge in [-0.05, 0) is 18.9 Å². The maximum Gasteiger partial charge on any atom is 0.230 e. The van der Waals surface area contributed by atoms with Gasteiger partial charge >= 0.3 is 0 Å². The summed E-state index contributed by atoms with van der Waals surface area (Å²) in [5.41, 5.74) is 8.20. The van der Waals surface area contributed by atoms with Gasteiger partial charge in [0.15, 0.2) is 0 Å². The fourth-order valence-electron chi connectivity index (χ4n) is 2.03. The Labute approximate surface area is 126 Å². The van der Waals surface area contributed by atoms with Crippen LogP contribution in [0.25, 0.3) is 0 Å². The minimum Gasteiger partial charge on any atom is -0.351 e. The van der Waals surface area contributed by atoms with Crippen molar-refractivity contribution in [3.8, 4) is 0 Å². The first-order valence-corrected chi connectivity index (χ1v) is 8.44. The third-order valence-electron chi connectivity index (χ3n) is 3.14. The molecule has 0 spiro atoms. The molecule has 20 heavy (non-hydrogen) atoms. The molecule has 0 aliphatic heterocycles. The van der Waals surface area contributed by atoms with Gasteiger partial charge < -0.3 is 11.1 Å². The third kappa shape index (κ3) is 6.96. The predicted octanol–water partition coefficient (Wildman–Crippen LogP) is 2.86. The lowest BCUT2D eigenvalue weighted by molar-refractivity contribution is -0.119. The van der Waals surface area contributed by atoms with Crippen LogP contribution in [0.4, 0.5) is 0 Å². The van der Waals surface area contributed by atoms with Crippen LogP contribution in [0.1, 0.15) is 37.3 Å². The summed E-state index contributed by atoms with van der Waals surface area (Å²) in [7, 11) is 0. The standard InChI is InChI=1S/C16H26N2OS/c1-3-4-8-15(10-17)18-16(19)12-20-11-14-7-5-6-13(2)9-14/h5-7,9,15H,3-4,8,10-12,17H2,1-2H3,(H,18,19). The van der Waals surface area contributed by atoms with Crippen LogP contribution >= 0.6 is 11.8 Å². The van der Waals surface area contributed by atoms with E-state index in [1.54, 1.807) is 11.8 Å². The molecule has 1 rings (SSSR count). The Kier molecular flexibility index (Phi) is 8.38. The molecule has 0 aliphatic carbocycles. The van der Waals surface area contributed by atoms with Gasteiger partial charge in [-0.1, -0.05) is 49.6 Å². The van der Waals surface area contributed by atoms with Gasteiger partial charge in [-0.3, -0.25) is 4.79 Å². The molecule has 0 saturated heterocycles. The van der Waals surface area contributed by atoms with Crippen molar-refractivity contribution in [1.29, 1.82) is 0 Å². The minimum atomic E-state index is 0.0919. The predicted molar refractivity (Wildman–Crippen MR) is 87.9 cm³/mol. The number of hydrogen-bond acceptors (Lipinski definition) is 3. The van der Waals surface area contributed by atoms with Gasteiger partial charge in [0.05, 0.1) is 5.75 Å². The van der Waals surface area contributed by atoms with Gasteiger partial charge in [-0.25, -0.2) is 0 Å². The molecular formula is C16H26N2OS. The van der Waals surface area contributed by atoms with Crippen molar-refractivity contribution in [2.75, 3.05) is 12.3 Å². The lowest BCUT2D eigenvalue weighted by Gasteiger charge is -2.16. The van der Waals surface area contributed by atoms with E-state index < -0.39 is 0 Å². The zero-order valence-corrected chi connectivity index (χ0v) is 13.3. The van der Waals surface area contributed by atoms with E-state index in [4.69, 9.17) is 5.73 Å². The monoisotopic (exact) mass is 294 g/mol. The van der Waals surface area contributed by atoms with Gasteiger partial charge in [0.1, 0.15) is 0 Å². The molecule has 1 atom stereocenters. The Morgan fingerprint density at radius 1 is 1.45 bits per heavy atom. The summed E-state index contributed by atoms with van der Waals surface area (Å²) >= 11 is 1.65. The van der Waals surface area contributed by atoms with Gasteiger partial charge in [-0.15, -0.1) is 11.8 Å². The number of nitrogens with two attached hydrogens (primary N) is 1. The number of rotatable bonds is 9. The second-order valence-electron chi connectivity index (χ2n) is 5.12. The van der Waals surface area contributed by atoms with E-state index in [1.165, 1.54) is 11.1 Å². The molecule has 1 aromatic rings. The van der Waals surface area contributed by atoms with Crippen LogP contribution < -0.4 is 11.1 Å². The maximum atomic E-state index is 11.8. The van der Waals surface area contributed by atoms with E-state index in [0.29, 0.717) is 12.3 Å². The van der Waals surface area contributed by atoms with Crippen LogP contribution in [0.3, 0.4) is 0 Å². The number of aryl methyl sites for hydroxylation is 1. The van der Waals surface area contributed by atoms with Crippen molar-refractivity contribution in [2.24, 2.45) is 5.73 Å². The number of hydrogen-bond donors (Lipinski definition) is 2. The Balaban J connectivity index is 2.25. The molecule has 0 aromatic heterocycles. The van der Waals surface area contributed by atoms with Crippen LogP contribution in [0.2, 0.25) is 0 Å². The van der Waals surface area contributed by atoms with Crippen LogP contribution in [-0.4, -0.2) is 24.2 Å². The van der Waals surface area contributed by atoms with Crippen LogP contribution in [-0.2, 0) is 10.5 Å². The third-order valence-corrected chi connectivity index (χ3v) is 4.14. The van der Waals surface area contributed by atoms with Gasteiger partial charge in [-0.2, -0.15) is 0 Å². The smallest absolute Gasteiger partial charge is 0.230 e. The van der Waals surface area contributed by atoms with Crippen molar-refractivity contribution in [1.82, 2.24) is 5.32 Å². The Morgan fingerprint density at radius 2 is 2.25 bits per heavy atom. The van der Waals surface area contributed by atoms with Crippen LogP contribution in [0, 0.1) is 6.92 Å². The normalized spacial score (nSPS) is 12.2. The fourth-order valence-corrected chi connectivity index (χ4v) is 2.82. The van der Waals surface area contributed by atoms with Crippen molar-refractivity contribution < 1.29 is 4.79 Å². The summed E-state index contributed by atoms with van der Waals surface area (Å²) in [5, 5.41) is 3.01. The first-order chi connectivity index (χ1) is 9.65. The molecule has 0 radical (unpaired) electrons. The van der Waals surface area contributed by atoms with E-state index in [0.717, 1.165) is 25.0 Å². The molecule has 0 aliphatic rings. The van der Waals surface area contributed by atoms with E-state index in [2.05, 4.69) is 43.4 Å². The molecule has 1 aromatic carbocycles. The summed E-state index contributed by atoms with van der Waals surface area (Å²) in [4.78, 5) is 11.8. The summed E-state index contributed by atoms with van der Waals surface area (Å²) < 4.78 is 0. The van der Waals surface area contributed by atoms with Gasteiger partial charge in [0, 0.05) is 18.3 Å². The molecular weight excluding hydrogens is 268 g/mol. The highest BCUT2D eigenvalue weighted by atomic mass is 32.2. The number of nitrogens with one attached hydrogen (secondary N) is 1. The molecule has 4 heteroatoms. The van der Waals surface area contributed by atoms with Crippen molar-refractivity contribution in [3.63, 3.8) is 0 Å². The summed E-state index contributed by atoms with van der Waals surface area (Å²) in [6, 6.07) is 8.53. The fraction of sp³-hybridized carbons (Fsp3) is 0.562. The SMILES string of the molecule is CCCCC(CN)NC(=O)CSCc1cccc(C)c1. The van der Waals surface area contributed by atoms with E-state index in [-0.39, 0.29) is 11.9 Å². The van der Waals surface area contributed by atoms with Crippen LogP contribution in [0.15, 0.2) is 24.3 Å². The second kappa shape index (κ2) is 9.83. The van der Waals surface area contributed by atoms with Crippen LogP contribution in [0.5, 0.6) is 0 Å². The van der Waals surface area contributed by atoms with E-state index in [1.807, 2.05) is 0 Å². The molecule has 1 amide bonds. The molecule has 0 fully saturated rings. The molecule has 112 valence electrons. The Bertz CT molecular complexity index is 409. The number of thioether (sulfide) groups is 1. The van der Waals surface area contributed by atoms with Crippen molar-refractivity contribution in [3.05, 3.63) is 35.4 Å². The quantitative estimate of drug-likeness (QED) is 0.736. The molecule has 0 heterocycles. The highest BCUT2D eigenvalue weighted by Gasteiger charge is 2.10. The number of unbranched alkanes of at least 4 members (excludes halogenated alkanes) is 1. The molecule has 1 unspecified atom stereocenters. The molecule has 0 bridgehead atoms. The Hall–Kier alpha value is -1.00. The lowest BCUT2D eigenvalue weighted by atomic mass is 10.1. The van der Waals surface area contributed by atoms with Crippen molar-refractivity contribution in [2.45, 2.75) is 44.9 Å². The number of carbonyl (C=O) groups excluding carboxylic acids is 1. The van der Waals surface area contributed by atoms with Gasteiger partial charge in [0.25, 0.3) is 0 Å². The van der Waals surface area contributed by atoms with E-state index in [9.17, 15) is 4.79 Å². The first kappa shape index (κ1) is 17.1. The molecule has 3 N–H and O–H groups in total. The first-order valence-electron chi connectivity index (χ1n) is 7.28. The Morgan fingerprint density at radius 3 is 2.90 bits per heavy atom. The number of benzene rings is 1. The number of carbonyl (C=O) groups is 1. The average Bonchev–Trinajstić information content (AvgIpc) is 2.43. The summed E-state index contributed by atoms with van der Waals surface area (Å²) in [6.07, 6.45) is 3.22. The van der Waals surface area contributed by atoms with Crippen molar-refractivity contribution >= 4 is 17.7 Å².